The number of aromatic nitrogens is 2. The maximum Gasteiger partial charge on any atom is 0.294 e. The molecule has 0 saturated heterocycles. The molecule has 4 rings (SSSR count). The van der Waals surface area contributed by atoms with Crippen molar-refractivity contribution in [3.63, 3.8) is 0 Å². The van der Waals surface area contributed by atoms with Gasteiger partial charge in [-0.25, -0.2) is 5.43 Å². The van der Waals surface area contributed by atoms with E-state index in [0.717, 1.165) is 15.9 Å². The largest absolute Gasteiger partial charge is 0.294 e. The van der Waals surface area contributed by atoms with Crippen LogP contribution in [0.3, 0.4) is 0 Å². The molecule has 0 aliphatic carbocycles. The monoisotopic (exact) mass is 423 g/mol. The summed E-state index contributed by atoms with van der Waals surface area (Å²) in [5.74, 6) is -0.366. The summed E-state index contributed by atoms with van der Waals surface area (Å²) in [7, 11) is 0. The van der Waals surface area contributed by atoms with Crippen molar-refractivity contribution in [1.29, 1.82) is 0 Å². The maximum absolute atomic E-state index is 12.9. The zero-order chi connectivity index (χ0) is 20.4. The predicted octanol–water partition coefficient (Wildman–Crippen LogP) is 4.68. The van der Waals surface area contributed by atoms with E-state index in [2.05, 4.69) is 10.5 Å². The number of carbonyl (C=O) groups is 1. The van der Waals surface area contributed by atoms with E-state index in [0.29, 0.717) is 26.5 Å². The molecule has 1 aromatic heterocycles. The fourth-order valence-corrected chi connectivity index (χ4v) is 3.38. The van der Waals surface area contributed by atoms with Gasteiger partial charge in [0.15, 0.2) is 0 Å². The van der Waals surface area contributed by atoms with Crippen LogP contribution < -0.4 is 11.0 Å². The van der Waals surface area contributed by atoms with Crippen LogP contribution in [0.4, 0.5) is 0 Å². The smallest absolute Gasteiger partial charge is 0.273 e. The van der Waals surface area contributed by atoms with Gasteiger partial charge in [-0.1, -0.05) is 65.7 Å². The fraction of sp³-hybridized carbons (Fsp3) is 0.0455. The Morgan fingerprint density at radius 2 is 1.62 bits per heavy atom. The number of amides is 1. The average molecular weight is 424 g/mol. The van der Waals surface area contributed by atoms with Gasteiger partial charge in [0, 0.05) is 21.0 Å². The Bertz CT molecular complexity index is 1270. The van der Waals surface area contributed by atoms with E-state index in [4.69, 9.17) is 23.2 Å². The summed E-state index contributed by atoms with van der Waals surface area (Å²) in [4.78, 5) is 26.3. The minimum Gasteiger partial charge on any atom is -0.273 e. The lowest BCUT2D eigenvalue weighted by molar-refractivity contribution is -0.116. The van der Waals surface area contributed by atoms with Crippen LogP contribution in [0.15, 0.2) is 77.6 Å². The molecule has 0 spiro atoms. The van der Waals surface area contributed by atoms with E-state index in [1.165, 1.54) is 0 Å². The van der Waals surface area contributed by atoms with Crippen molar-refractivity contribution in [2.24, 2.45) is 0 Å². The molecule has 5 nitrogen and oxygen atoms in total. The number of fused-ring (bicyclic) bond motifs is 1. The van der Waals surface area contributed by atoms with E-state index in [1.54, 1.807) is 48.5 Å². The third kappa shape index (κ3) is 4.16. The second-order valence-electron chi connectivity index (χ2n) is 6.46. The lowest BCUT2D eigenvalue weighted by Gasteiger charge is -2.12. The lowest BCUT2D eigenvalue weighted by atomic mass is 10.1. The van der Waals surface area contributed by atoms with Crippen LogP contribution in [-0.2, 0) is 11.2 Å². The predicted molar refractivity (Wildman–Crippen MR) is 116 cm³/mol. The zero-order valence-corrected chi connectivity index (χ0v) is 16.6. The number of nitrogens with one attached hydrogen (secondary N) is 1. The molecule has 7 heteroatoms. The summed E-state index contributed by atoms with van der Waals surface area (Å²) >= 11 is 12.0. The van der Waals surface area contributed by atoms with Crippen LogP contribution in [-0.4, -0.2) is 15.8 Å². The third-order valence-corrected chi connectivity index (χ3v) is 4.90. The molecule has 29 heavy (non-hydrogen) atoms. The SMILES string of the molecule is O=C(Cc1ccc(Cl)cc1)Nn1nc(-c2cccc(Cl)c2)c2ccccc2c1=O. The number of halogens is 2. The minimum atomic E-state index is -0.407. The van der Waals surface area contributed by atoms with Crippen molar-refractivity contribution in [1.82, 2.24) is 9.89 Å². The van der Waals surface area contributed by atoms with Gasteiger partial charge >= 0.3 is 0 Å². The van der Waals surface area contributed by atoms with Gasteiger partial charge in [0.2, 0.25) is 5.91 Å². The van der Waals surface area contributed by atoms with E-state index in [9.17, 15) is 9.59 Å². The van der Waals surface area contributed by atoms with Crippen LogP contribution in [0.25, 0.3) is 22.0 Å². The molecule has 1 N–H and O–H groups in total. The molecule has 0 bridgehead atoms. The first-order valence-corrected chi connectivity index (χ1v) is 9.59. The number of carbonyl (C=O) groups excluding carboxylic acids is 1. The molecule has 0 radical (unpaired) electrons. The number of rotatable bonds is 4. The van der Waals surface area contributed by atoms with Crippen LogP contribution in [0.2, 0.25) is 10.0 Å². The van der Waals surface area contributed by atoms with Gasteiger partial charge < -0.3 is 0 Å². The van der Waals surface area contributed by atoms with Crippen molar-refractivity contribution < 1.29 is 4.79 Å². The second-order valence-corrected chi connectivity index (χ2v) is 7.33. The molecule has 144 valence electrons. The highest BCUT2D eigenvalue weighted by Crippen LogP contribution is 2.26. The number of hydrogen-bond donors (Lipinski definition) is 1. The quantitative estimate of drug-likeness (QED) is 0.517. The Balaban J connectivity index is 1.74. The second kappa shape index (κ2) is 8.07. The molecule has 0 aliphatic heterocycles. The molecule has 0 aliphatic rings. The Morgan fingerprint density at radius 1 is 0.897 bits per heavy atom. The Kier molecular flexibility index (Phi) is 5.34. The van der Waals surface area contributed by atoms with Crippen molar-refractivity contribution in [3.05, 3.63) is 98.8 Å². The number of hydrogen-bond acceptors (Lipinski definition) is 3. The van der Waals surface area contributed by atoms with E-state index < -0.39 is 5.56 Å². The molecule has 0 fully saturated rings. The zero-order valence-electron chi connectivity index (χ0n) is 15.1. The maximum atomic E-state index is 12.9. The van der Waals surface area contributed by atoms with E-state index >= 15 is 0 Å². The molecule has 0 saturated carbocycles. The van der Waals surface area contributed by atoms with Crippen LogP contribution in [0, 0.1) is 0 Å². The van der Waals surface area contributed by atoms with Gasteiger partial charge in [-0.2, -0.15) is 0 Å². The first-order valence-electron chi connectivity index (χ1n) is 8.83. The normalized spacial score (nSPS) is 10.8. The topological polar surface area (TPSA) is 64.0 Å². The molecule has 0 atom stereocenters. The Labute approximate surface area is 176 Å². The minimum absolute atomic E-state index is 0.0879. The first-order chi connectivity index (χ1) is 14.0. The molecule has 0 unspecified atom stereocenters. The van der Waals surface area contributed by atoms with Gasteiger partial charge in [0.1, 0.15) is 5.69 Å². The molecule has 1 heterocycles. The highest BCUT2D eigenvalue weighted by Gasteiger charge is 2.14. The number of benzene rings is 3. The molecule has 4 aromatic rings. The first kappa shape index (κ1) is 19.2. The van der Waals surface area contributed by atoms with Crippen LogP contribution in [0.1, 0.15) is 5.56 Å². The van der Waals surface area contributed by atoms with Crippen molar-refractivity contribution in [2.75, 3.05) is 5.43 Å². The Hall–Kier alpha value is -3.15. The Morgan fingerprint density at radius 3 is 2.34 bits per heavy atom. The van der Waals surface area contributed by atoms with Gasteiger partial charge in [0.05, 0.1) is 11.8 Å². The summed E-state index contributed by atoms with van der Waals surface area (Å²) in [6.07, 6.45) is 0.0879. The van der Waals surface area contributed by atoms with Gasteiger partial charge in [-0.3, -0.25) is 9.59 Å². The summed E-state index contributed by atoms with van der Waals surface area (Å²) in [6.45, 7) is 0. The van der Waals surface area contributed by atoms with Gasteiger partial charge in [-0.05, 0) is 35.9 Å². The standard InChI is InChI=1S/C22H15Cl2N3O2/c23-16-10-8-14(9-11-16)12-20(28)25-27-22(29)19-7-2-1-6-18(19)21(26-27)15-4-3-5-17(24)13-15/h1-11,13H,12H2,(H,25,28). The summed E-state index contributed by atoms with van der Waals surface area (Å²) < 4.78 is 0. The van der Waals surface area contributed by atoms with Gasteiger partial charge in [0.25, 0.3) is 5.56 Å². The molecular weight excluding hydrogens is 409 g/mol. The molecule has 1 amide bonds. The van der Waals surface area contributed by atoms with Crippen molar-refractivity contribution in [2.45, 2.75) is 6.42 Å². The van der Waals surface area contributed by atoms with Crippen LogP contribution in [0.5, 0.6) is 0 Å². The number of nitrogens with zero attached hydrogens (tertiary/aromatic N) is 2. The molecule has 3 aromatic carbocycles. The lowest BCUT2D eigenvalue weighted by Crippen LogP contribution is -2.36. The van der Waals surface area contributed by atoms with Gasteiger partial charge in [-0.15, -0.1) is 9.89 Å². The van der Waals surface area contributed by atoms with E-state index in [-0.39, 0.29) is 12.3 Å². The van der Waals surface area contributed by atoms with Crippen molar-refractivity contribution >= 4 is 39.9 Å². The third-order valence-electron chi connectivity index (χ3n) is 4.41. The van der Waals surface area contributed by atoms with Crippen molar-refractivity contribution in [3.8, 4) is 11.3 Å². The van der Waals surface area contributed by atoms with E-state index in [1.807, 2.05) is 24.3 Å². The summed E-state index contributed by atoms with van der Waals surface area (Å²) in [6, 6.07) is 21.3. The highest BCUT2D eigenvalue weighted by atomic mass is 35.5. The fourth-order valence-electron chi connectivity index (χ4n) is 3.06. The summed E-state index contributed by atoms with van der Waals surface area (Å²) in [5, 5.41) is 6.68. The summed E-state index contributed by atoms with van der Waals surface area (Å²) in [5.41, 5.74) is 4.24. The average Bonchev–Trinajstić information content (AvgIpc) is 2.72. The molecular formula is C22H15Cl2N3O2. The highest BCUT2D eigenvalue weighted by molar-refractivity contribution is 6.31. The van der Waals surface area contributed by atoms with Crippen LogP contribution >= 0.6 is 23.2 Å².